The van der Waals surface area contributed by atoms with Crippen LogP contribution in [0, 0.1) is 11.3 Å². The van der Waals surface area contributed by atoms with Crippen LogP contribution in [0.5, 0.6) is 0 Å². The molecule has 0 aliphatic carbocycles. The van der Waals surface area contributed by atoms with Gasteiger partial charge >= 0.3 is 6.30 Å². The number of hydrogen-bond acceptors (Lipinski definition) is 2. The molecule has 0 saturated carbocycles. The van der Waals surface area contributed by atoms with Crippen molar-refractivity contribution >= 4 is 5.69 Å². The van der Waals surface area contributed by atoms with E-state index in [1.54, 1.807) is 12.1 Å². The van der Waals surface area contributed by atoms with Crippen LogP contribution in [0.3, 0.4) is 0 Å². The highest BCUT2D eigenvalue weighted by Crippen LogP contribution is 2.28. The fraction of sp³-hybridized carbons (Fsp3) is 0.300. The van der Waals surface area contributed by atoms with Crippen molar-refractivity contribution in [3.63, 3.8) is 0 Å². The minimum Gasteiger partial charge on any atom is -0.283 e. The van der Waals surface area contributed by atoms with E-state index in [9.17, 15) is 13.2 Å². The van der Waals surface area contributed by atoms with Gasteiger partial charge in [0.1, 0.15) is 0 Å². The van der Waals surface area contributed by atoms with Crippen molar-refractivity contribution in [2.75, 3.05) is 11.4 Å². The molecular formula is C10H9F3N2. The Bertz CT molecular complexity index is 340. The zero-order valence-electron chi connectivity index (χ0n) is 7.83. The SMILES string of the molecule is N#CCCN(c1ccccc1)C(F)(F)F. The largest absolute Gasteiger partial charge is 0.484 e. The van der Waals surface area contributed by atoms with Crippen molar-refractivity contribution in [1.82, 2.24) is 0 Å². The zero-order valence-corrected chi connectivity index (χ0v) is 7.83. The fourth-order valence-corrected chi connectivity index (χ4v) is 1.17. The molecule has 0 radical (unpaired) electrons. The highest BCUT2D eigenvalue weighted by atomic mass is 19.4. The summed E-state index contributed by atoms with van der Waals surface area (Å²) in [5.41, 5.74) is 0.0558. The number of anilines is 1. The van der Waals surface area contributed by atoms with Crippen LogP contribution in [0.15, 0.2) is 30.3 Å². The Morgan fingerprint density at radius 3 is 2.27 bits per heavy atom. The Morgan fingerprint density at radius 1 is 1.20 bits per heavy atom. The summed E-state index contributed by atoms with van der Waals surface area (Å²) >= 11 is 0. The van der Waals surface area contributed by atoms with E-state index in [0.717, 1.165) is 0 Å². The first-order chi connectivity index (χ1) is 7.05. The lowest BCUT2D eigenvalue weighted by molar-refractivity contribution is -0.129. The summed E-state index contributed by atoms with van der Waals surface area (Å²) in [7, 11) is 0. The van der Waals surface area contributed by atoms with Crippen molar-refractivity contribution in [2.45, 2.75) is 12.7 Å². The Hall–Kier alpha value is -1.70. The minimum atomic E-state index is -4.45. The molecule has 0 saturated heterocycles. The maximum atomic E-state index is 12.5. The first kappa shape index (κ1) is 11.4. The monoisotopic (exact) mass is 214 g/mol. The third kappa shape index (κ3) is 3.17. The van der Waals surface area contributed by atoms with Crippen LogP contribution in [-0.4, -0.2) is 12.8 Å². The summed E-state index contributed by atoms with van der Waals surface area (Å²) in [6.45, 7) is -0.343. The van der Waals surface area contributed by atoms with E-state index >= 15 is 0 Å². The molecule has 2 nitrogen and oxygen atoms in total. The lowest BCUT2D eigenvalue weighted by Crippen LogP contribution is -2.38. The van der Waals surface area contributed by atoms with Crippen LogP contribution in [0.1, 0.15) is 6.42 Å². The standard InChI is InChI=1S/C10H9F3N2/c11-10(12,13)15(8-4-7-14)9-5-2-1-3-6-9/h1-3,5-6H,4,8H2. The summed E-state index contributed by atoms with van der Waals surface area (Å²) < 4.78 is 37.6. The van der Waals surface area contributed by atoms with Crippen LogP contribution in [-0.2, 0) is 0 Å². The molecule has 1 aromatic carbocycles. The topological polar surface area (TPSA) is 27.0 Å². The Morgan fingerprint density at radius 2 is 1.80 bits per heavy atom. The molecule has 5 heteroatoms. The molecule has 80 valence electrons. The van der Waals surface area contributed by atoms with Crippen molar-refractivity contribution < 1.29 is 13.2 Å². The molecule has 1 aromatic rings. The first-order valence-electron chi connectivity index (χ1n) is 4.32. The Labute approximate surface area is 85.5 Å². The molecule has 0 amide bonds. The lowest BCUT2D eigenvalue weighted by atomic mass is 10.3. The number of hydrogen-bond donors (Lipinski definition) is 0. The number of alkyl halides is 3. The normalized spacial score (nSPS) is 10.8. The summed E-state index contributed by atoms with van der Waals surface area (Å²) in [5, 5.41) is 8.28. The molecule has 15 heavy (non-hydrogen) atoms. The van der Waals surface area contributed by atoms with Gasteiger partial charge in [-0.1, -0.05) is 18.2 Å². The van der Waals surface area contributed by atoms with E-state index < -0.39 is 6.30 Å². The van der Waals surface area contributed by atoms with Gasteiger partial charge in [-0.2, -0.15) is 18.4 Å². The average molecular weight is 214 g/mol. The molecule has 0 atom stereocenters. The van der Waals surface area contributed by atoms with Gasteiger partial charge in [0.15, 0.2) is 0 Å². The molecule has 0 aliphatic heterocycles. The highest BCUT2D eigenvalue weighted by molar-refractivity contribution is 5.46. The summed E-state index contributed by atoms with van der Waals surface area (Å²) in [5.74, 6) is 0. The van der Waals surface area contributed by atoms with E-state index in [2.05, 4.69) is 0 Å². The molecule has 0 fully saturated rings. The summed E-state index contributed by atoms with van der Waals surface area (Å²) in [6.07, 6.45) is -4.60. The van der Waals surface area contributed by atoms with E-state index in [-0.39, 0.29) is 23.6 Å². The first-order valence-corrected chi connectivity index (χ1v) is 4.32. The van der Waals surface area contributed by atoms with Gasteiger partial charge in [-0.3, -0.25) is 4.90 Å². The smallest absolute Gasteiger partial charge is 0.283 e. The number of nitrogens with zero attached hydrogens (tertiary/aromatic N) is 2. The summed E-state index contributed by atoms with van der Waals surface area (Å²) in [4.78, 5) is 0.260. The van der Waals surface area contributed by atoms with E-state index in [0.29, 0.717) is 0 Å². The van der Waals surface area contributed by atoms with Crippen molar-refractivity contribution in [2.24, 2.45) is 0 Å². The van der Waals surface area contributed by atoms with Crippen LogP contribution >= 0.6 is 0 Å². The van der Waals surface area contributed by atoms with Gasteiger partial charge in [-0.15, -0.1) is 0 Å². The molecule has 0 spiro atoms. The molecule has 0 heterocycles. The minimum absolute atomic E-state index is 0.0558. The summed E-state index contributed by atoms with van der Waals surface area (Å²) in [6, 6.07) is 9.13. The van der Waals surface area contributed by atoms with Gasteiger partial charge in [0.05, 0.1) is 12.5 Å². The number of nitriles is 1. The van der Waals surface area contributed by atoms with Gasteiger partial charge in [0.2, 0.25) is 0 Å². The van der Waals surface area contributed by atoms with Gasteiger partial charge in [0, 0.05) is 12.2 Å². The zero-order chi connectivity index (χ0) is 11.3. The van der Waals surface area contributed by atoms with Gasteiger partial charge in [0.25, 0.3) is 0 Å². The molecule has 0 unspecified atom stereocenters. The Kier molecular flexibility index (Phi) is 3.56. The molecular weight excluding hydrogens is 205 g/mol. The molecule has 0 N–H and O–H groups in total. The van der Waals surface area contributed by atoms with Gasteiger partial charge in [-0.05, 0) is 12.1 Å². The second-order valence-corrected chi connectivity index (χ2v) is 2.86. The maximum Gasteiger partial charge on any atom is 0.484 e. The van der Waals surface area contributed by atoms with Crippen molar-refractivity contribution in [3.05, 3.63) is 30.3 Å². The molecule has 0 aliphatic rings. The highest BCUT2D eigenvalue weighted by Gasteiger charge is 2.36. The van der Waals surface area contributed by atoms with Crippen molar-refractivity contribution in [1.29, 1.82) is 5.26 Å². The number of halogens is 3. The Balaban J connectivity index is 2.88. The van der Waals surface area contributed by atoms with Gasteiger partial charge < -0.3 is 0 Å². The number of benzene rings is 1. The number of para-hydroxylation sites is 1. The predicted molar refractivity (Wildman–Crippen MR) is 50.1 cm³/mol. The van der Waals surface area contributed by atoms with E-state index in [1.165, 1.54) is 24.3 Å². The average Bonchev–Trinajstić information content (AvgIpc) is 2.18. The fourth-order valence-electron chi connectivity index (χ4n) is 1.17. The third-order valence-corrected chi connectivity index (χ3v) is 1.82. The third-order valence-electron chi connectivity index (χ3n) is 1.82. The van der Waals surface area contributed by atoms with Crippen LogP contribution in [0.25, 0.3) is 0 Å². The molecule has 0 aromatic heterocycles. The second kappa shape index (κ2) is 4.69. The van der Waals surface area contributed by atoms with Crippen LogP contribution in [0.4, 0.5) is 18.9 Å². The molecule has 1 rings (SSSR count). The van der Waals surface area contributed by atoms with Gasteiger partial charge in [-0.25, -0.2) is 0 Å². The lowest BCUT2D eigenvalue weighted by Gasteiger charge is -2.25. The van der Waals surface area contributed by atoms with E-state index in [1.807, 2.05) is 0 Å². The van der Waals surface area contributed by atoms with Crippen LogP contribution < -0.4 is 4.90 Å². The van der Waals surface area contributed by atoms with Crippen LogP contribution in [0.2, 0.25) is 0 Å². The second-order valence-electron chi connectivity index (χ2n) is 2.86. The predicted octanol–water partition coefficient (Wildman–Crippen LogP) is 2.93. The van der Waals surface area contributed by atoms with E-state index in [4.69, 9.17) is 5.26 Å². The van der Waals surface area contributed by atoms with Crippen molar-refractivity contribution in [3.8, 4) is 6.07 Å². The maximum absolute atomic E-state index is 12.5. The number of rotatable bonds is 3. The quantitative estimate of drug-likeness (QED) is 0.723. The molecule has 0 bridgehead atoms.